The van der Waals surface area contributed by atoms with Crippen LogP contribution in [-0.4, -0.2) is 31.6 Å². The smallest absolute Gasteiger partial charge is 0.331 e. The Balaban J connectivity index is 2.73. The van der Waals surface area contributed by atoms with Gasteiger partial charge < -0.3 is 14.8 Å². The van der Waals surface area contributed by atoms with E-state index in [0.717, 1.165) is 0 Å². The predicted molar refractivity (Wildman–Crippen MR) is 66.3 cm³/mol. The van der Waals surface area contributed by atoms with Crippen LogP contribution in [0.5, 0.6) is 5.75 Å². The predicted octanol–water partition coefficient (Wildman–Crippen LogP) is 1.19. The highest BCUT2D eigenvalue weighted by molar-refractivity contribution is 5.83. The van der Waals surface area contributed by atoms with Gasteiger partial charge in [0.05, 0.1) is 7.11 Å². The van der Waals surface area contributed by atoms with Gasteiger partial charge in [0.1, 0.15) is 6.61 Å². The Bertz CT molecular complexity index is 476. The third-order valence-corrected chi connectivity index (χ3v) is 2.43. The number of nitrogens with one attached hydrogen (secondary N) is 1. The zero-order valence-corrected chi connectivity index (χ0v) is 11.0. The zero-order chi connectivity index (χ0) is 14.4. The molecule has 0 saturated heterocycles. The normalized spacial score (nSPS) is 11.6. The molecule has 0 heterocycles. The number of carbonyl (C=O) groups excluding carboxylic acids is 2. The molecule has 0 aliphatic carbocycles. The minimum Gasteiger partial charge on any atom is -0.488 e. The summed E-state index contributed by atoms with van der Waals surface area (Å²) >= 11 is 0. The summed E-state index contributed by atoms with van der Waals surface area (Å²) in [5.74, 6) is -1.51. The van der Waals surface area contributed by atoms with Gasteiger partial charge in [0, 0.05) is 6.92 Å². The first kappa shape index (κ1) is 14.9. The second-order valence-electron chi connectivity index (χ2n) is 3.97. The van der Waals surface area contributed by atoms with Crippen LogP contribution in [0.15, 0.2) is 18.2 Å². The van der Waals surface area contributed by atoms with Gasteiger partial charge in [-0.25, -0.2) is 9.18 Å². The van der Waals surface area contributed by atoms with Crippen molar-refractivity contribution in [1.29, 1.82) is 0 Å². The molecule has 1 atom stereocenters. The van der Waals surface area contributed by atoms with Crippen molar-refractivity contribution in [1.82, 2.24) is 5.32 Å². The third kappa shape index (κ3) is 4.24. The topological polar surface area (TPSA) is 64.6 Å². The van der Waals surface area contributed by atoms with Crippen LogP contribution in [0, 0.1) is 12.7 Å². The molecule has 1 amide bonds. The summed E-state index contributed by atoms with van der Waals surface area (Å²) in [6.07, 6.45) is 0. The number of hydrogen-bond donors (Lipinski definition) is 1. The Labute approximate surface area is 110 Å². The van der Waals surface area contributed by atoms with Crippen LogP contribution < -0.4 is 10.1 Å². The summed E-state index contributed by atoms with van der Waals surface area (Å²) in [5, 5.41) is 2.37. The first-order valence-corrected chi connectivity index (χ1v) is 5.68. The van der Waals surface area contributed by atoms with Crippen molar-refractivity contribution >= 4 is 11.9 Å². The lowest BCUT2D eigenvalue weighted by Gasteiger charge is -2.16. The number of amides is 1. The highest BCUT2D eigenvalue weighted by Crippen LogP contribution is 2.19. The lowest BCUT2D eigenvalue weighted by molar-refractivity contribution is -0.145. The zero-order valence-electron chi connectivity index (χ0n) is 11.0. The Morgan fingerprint density at radius 2 is 2.11 bits per heavy atom. The van der Waals surface area contributed by atoms with Gasteiger partial charge in [0.15, 0.2) is 17.6 Å². The maximum atomic E-state index is 13.7. The summed E-state index contributed by atoms with van der Waals surface area (Å²) in [6, 6.07) is 3.72. The molecule has 5 nitrogen and oxygen atoms in total. The van der Waals surface area contributed by atoms with Crippen LogP contribution in [0.2, 0.25) is 0 Å². The molecule has 1 aromatic carbocycles. The maximum Gasteiger partial charge on any atom is 0.331 e. The van der Waals surface area contributed by atoms with Crippen LogP contribution in [-0.2, 0) is 14.3 Å². The van der Waals surface area contributed by atoms with Gasteiger partial charge in [-0.2, -0.15) is 0 Å². The van der Waals surface area contributed by atoms with Gasteiger partial charge in [-0.1, -0.05) is 12.1 Å². The molecule has 0 saturated carbocycles. The van der Waals surface area contributed by atoms with Crippen molar-refractivity contribution in [2.75, 3.05) is 13.7 Å². The quantitative estimate of drug-likeness (QED) is 0.815. The monoisotopic (exact) mass is 269 g/mol. The number of rotatable bonds is 5. The van der Waals surface area contributed by atoms with Crippen molar-refractivity contribution in [3.63, 3.8) is 0 Å². The number of benzene rings is 1. The molecule has 104 valence electrons. The van der Waals surface area contributed by atoms with Crippen LogP contribution >= 0.6 is 0 Å². The number of esters is 1. The summed E-state index contributed by atoms with van der Waals surface area (Å²) < 4.78 is 23.4. The average Bonchev–Trinajstić information content (AvgIpc) is 2.37. The molecule has 0 radical (unpaired) electrons. The van der Waals surface area contributed by atoms with E-state index in [4.69, 9.17) is 4.74 Å². The van der Waals surface area contributed by atoms with E-state index in [2.05, 4.69) is 10.1 Å². The summed E-state index contributed by atoms with van der Waals surface area (Å²) in [5.41, 5.74) is 0.437. The number of ether oxygens (including phenoxy) is 2. The molecule has 0 aromatic heterocycles. The van der Waals surface area contributed by atoms with Gasteiger partial charge in [-0.3, -0.25) is 4.79 Å². The van der Waals surface area contributed by atoms with Crippen LogP contribution in [0.1, 0.15) is 12.5 Å². The van der Waals surface area contributed by atoms with Crippen molar-refractivity contribution in [2.24, 2.45) is 0 Å². The molecule has 6 heteroatoms. The third-order valence-electron chi connectivity index (χ3n) is 2.43. The minimum atomic E-state index is -0.970. The summed E-state index contributed by atoms with van der Waals surface area (Å²) in [4.78, 5) is 22.4. The van der Waals surface area contributed by atoms with E-state index in [1.54, 1.807) is 19.1 Å². The second-order valence-corrected chi connectivity index (χ2v) is 3.97. The number of aryl methyl sites for hydroxylation is 1. The molecule has 0 aliphatic rings. The Morgan fingerprint density at radius 1 is 1.42 bits per heavy atom. The highest BCUT2D eigenvalue weighted by atomic mass is 19.1. The first-order valence-electron chi connectivity index (χ1n) is 5.68. The Morgan fingerprint density at radius 3 is 2.68 bits per heavy atom. The first-order chi connectivity index (χ1) is 8.95. The van der Waals surface area contributed by atoms with Crippen LogP contribution in [0.4, 0.5) is 4.39 Å². The fraction of sp³-hybridized carbons (Fsp3) is 0.385. The molecular weight excluding hydrogens is 253 g/mol. The molecule has 1 rings (SSSR count). The molecule has 0 spiro atoms. The lowest BCUT2D eigenvalue weighted by Crippen LogP contribution is -2.44. The summed E-state index contributed by atoms with van der Waals surface area (Å²) in [7, 11) is 1.20. The van der Waals surface area contributed by atoms with Gasteiger partial charge in [0.25, 0.3) is 0 Å². The Hall–Kier alpha value is -2.11. The van der Waals surface area contributed by atoms with Crippen molar-refractivity contribution in [3.8, 4) is 5.75 Å². The van der Waals surface area contributed by atoms with E-state index < -0.39 is 23.7 Å². The standard InChI is InChI=1S/C13H16FNO4/c1-8-5-4-6-11(12(8)14)19-7-10(13(17)18-3)15-9(2)16/h4-6,10H,7H2,1-3H3,(H,15,16). The van der Waals surface area contributed by atoms with Crippen molar-refractivity contribution in [3.05, 3.63) is 29.6 Å². The molecule has 1 aromatic rings. The molecule has 1 unspecified atom stereocenters. The molecule has 0 fully saturated rings. The van der Waals surface area contributed by atoms with E-state index in [0.29, 0.717) is 5.56 Å². The van der Waals surface area contributed by atoms with Crippen molar-refractivity contribution < 1.29 is 23.5 Å². The van der Waals surface area contributed by atoms with Crippen LogP contribution in [0.3, 0.4) is 0 Å². The van der Waals surface area contributed by atoms with Crippen molar-refractivity contribution in [2.45, 2.75) is 19.9 Å². The Kier molecular flexibility index (Phi) is 5.29. The average molecular weight is 269 g/mol. The number of methoxy groups -OCH3 is 1. The molecule has 1 N–H and O–H groups in total. The fourth-order valence-electron chi connectivity index (χ4n) is 1.46. The van der Waals surface area contributed by atoms with E-state index in [-0.39, 0.29) is 12.4 Å². The number of halogens is 1. The molecular formula is C13H16FNO4. The highest BCUT2D eigenvalue weighted by Gasteiger charge is 2.21. The maximum absolute atomic E-state index is 13.7. The van der Waals surface area contributed by atoms with E-state index in [1.807, 2.05) is 0 Å². The number of carbonyl (C=O) groups is 2. The fourth-order valence-corrected chi connectivity index (χ4v) is 1.46. The summed E-state index contributed by atoms with van der Waals surface area (Å²) in [6.45, 7) is 2.67. The van der Waals surface area contributed by atoms with Gasteiger partial charge in [0.2, 0.25) is 5.91 Å². The van der Waals surface area contributed by atoms with E-state index in [1.165, 1.54) is 20.1 Å². The SMILES string of the molecule is COC(=O)C(COc1cccc(C)c1F)NC(C)=O. The molecule has 0 bridgehead atoms. The van der Waals surface area contributed by atoms with E-state index in [9.17, 15) is 14.0 Å². The molecule has 0 aliphatic heterocycles. The number of hydrogen-bond acceptors (Lipinski definition) is 4. The van der Waals surface area contributed by atoms with Gasteiger partial charge >= 0.3 is 5.97 Å². The molecule has 19 heavy (non-hydrogen) atoms. The lowest BCUT2D eigenvalue weighted by atomic mass is 10.2. The second kappa shape index (κ2) is 6.72. The largest absolute Gasteiger partial charge is 0.488 e. The van der Waals surface area contributed by atoms with Crippen LogP contribution in [0.25, 0.3) is 0 Å². The van der Waals surface area contributed by atoms with Gasteiger partial charge in [-0.15, -0.1) is 0 Å². The van der Waals surface area contributed by atoms with E-state index >= 15 is 0 Å². The van der Waals surface area contributed by atoms with Gasteiger partial charge in [-0.05, 0) is 18.6 Å². The minimum absolute atomic E-state index is 0.0271.